The van der Waals surface area contributed by atoms with Crippen molar-refractivity contribution in [2.24, 2.45) is 11.8 Å². The number of ether oxygens (including phenoxy) is 4. The van der Waals surface area contributed by atoms with Crippen LogP contribution >= 0.6 is 0 Å². The van der Waals surface area contributed by atoms with Gasteiger partial charge in [0.05, 0.1) is 28.9 Å². The maximum absolute atomic E-state index is 14.2. The molecule has 5 atom stereocenters. The number of carbonyl (C=O) groups excluding carboxylic acids is 5. The summed E-state index contributed by atoms with van der Waals surface area (Å²) in [4.78, 5) is 69.2. The Morgan fingerprint density at radius 1 is 0.388 bits per heavy atom. The average Bonchev–Trinajstić information content (AvgIpc) is 3.27. The van der Waals surface area contributed by atoms with E-state index in [2.05, 4.69) is 0 Å². The molecule has 1 saturated carbocycles. The van der Waals surface area contributed by atoms with Crippen LogP contribution in [0.3, 0.4) is 0 Å². The Hall–Kier alpha value is -9.35. The Morgan fingerprint density at radius 2 is 0.672 bits per heavy atom. The van der Waals surface area contributed by atoms with E-state index in [4.69, 9.17) is 18.9 Å². The van der Waals surface area contributed by atoms with Crippen molar-refractivity contribution in [1.29, 1.82) is 0 Å². The van der Waals surface area contributed by atoms with Gasteiger partial charge in [0.25, 0.3) is 0 Å². The van der Waals surface area contributed by atoms with Crippen LogP contribution in [0.4, 0.5) is 0 Å². The number of carbonyl (C=O) groups is 5. The topological polar surface area (TPSA) is 426 Å². The molecule has 352 valence electrons. The molecule has 3 unspecified atom stereocenters. The first-order valence-electron chi connectivity index (χ1n) is 19.0. The summed E-state index contributed by atoms with van der Waals surface area (Å²) in [5.74, 6) is -25.8. The number of hydrogen-bond donors (Lipinski definition) is 15. The van der Waals surface area contributed by atoms with Gasteiger partial charge in [0, 0.05) is 23.8 Å². The molecule has 1 aliphatic carbocycles. The van der Waals surface area contributed by atoms with Crippen LogP contribution < -0.4 is 0 Å². The van der Waals surface area contributed by atoms with E-state index in [1.54, 1.807) is 0 Å². The molecule has 15 N–H and O–H groups in total. The predicted molar refractivity (Wildman–Crippen MR) is 216 cm³/mol. The van der Waals surface area contributed by atoms with Crippen LogP contribution in [0.5, 0.6) is 86.2 Å². The summed E-state index contributed by atoms with van der Waals surface area (Å²) < 4.78 is 22.7. The molecule has 0 radical (unpaired) electrons. The molecule has 24 nitrogen and oxygen atoms in total. The molecule has 0 bridgehead atoms. The Balaban J connectivity index is 1.52. The van der Waals surface area contributed by atoms with E-state index >= 15 is 0 Å². The Kier molecular flexibility index (Phi) is 12.9. The molecule has 0 aliphatic heterocycles. The number of esters is 4. The highest BCUT2D eigenvalue weighted by Gasteiger charge is 2.52. The van der Waals surface area contributed by atoms with E-state index in [0.29, 0.717) is 60.7 Å². The fourth-order valence-electron chi connectivity index (χ4n) is 7.08. The van der Waals surface area contributed by atoms with Crippen molar-refractivity contribution in [3.8, 4) is 86.2 Å². The lowest BCUT2D eigenvalue weighted by atomic mass is 9.72. The molecule has 0 spiro atoms. The average molecular weight is 937 g/mol. The van der Waals surface area contributed by atoms with E-state index in [-0.39, 0.29) is 0 Å². The second-order valence-electron chi connectivity index (χ2n) is 14.9. The minimum atomic E-state index is -2.10. The first-order valence-corrected chi connectivity index (χ1v) is 19.0. The van der Waals surface area contributed by atoms with Gasteiger partial charge in [-0.15, -0.1) is 0 Å². The van der Waals surface area contributed by atoms with Crippen molar-refractivity contribution < 1.29 is 120 Å². The van der Waals surface area contributed by atoms with Gasteiger partial charge in [-0.2, -0.15) is 0 Å². The summed E-state index contributed by atoms with van der Waals surface area (Å²) in [6.07, 6.45) is -7.80. The van der Waals surface area contributed by atoms with Crippen molar-refractivity contribution >= 4 is 29.7 Å². The highest BCUT2D eigenvalue weighted by atomic mass is 16.6. The standard InChI is InChI=1S/C43H36O24/c44-21(14-1-22(45)33(55)23(46)2-14)12-20-38(66-42(62)17-7-28(51)36(58)29(52)8-17)19(13-64-40(60)15-3-24(47)34(56)25(48)4-15)11-32(65-41(61)16-5-26(49)35(57)27(50)6-16)39(20)67-43(63)18-9-30(53)37(59)31(54)10-18/h1-10,19-20,32,38-39,45-59H,11-13H2/t19?,20?,32-,38-,39?/m1/s1. The van der Waals surface area contributed by atoms with E-state index in [9.17, 15) is 101 Å². The number of hydrogen-bond acceptors (Lipinski definition) is 24. The van der Waals surface area contributed by atoms with Crippen molar-refractivity contribution in [1.82, 2.24) is 0 Å². The molecule has 24 heteroatoms. The van der Waals surface area contributed by atoms with Crippen molar-refractivity contribution in [3.63, 3.8) is 0 Å². The van der Waals surface area contributed by atoms with Gasteiger partial charge < -0.3 is 95.5 Å². The van der Waals surface area contributed by atoms with Gasteiger partial charge in [-0.3, -0.25) is 4.79 Å². The molecule has 5 aromatic rings. The van der Waals surface area contributed by atoms with Gasteiger partial charge in [-0.25, -0.2) is 19.2 Å². The van der Waals surface area contributed by atoms with Crippen LogP contribution in [0.15, 0.2) is 60.7 Å². The minimum Gasteiger partial charge on any atom is -0.504 e. The Labute approximate surface area is 373 Å². The van der Waals surface area contributed by atoms with Crippen LogP contribution in [0.1, 0.15) is 64.6 Å². The molecule has 0 aromatic heterocycles. The number of rotatable bonds is 12. The normalized spacial score (nSPS) is 17.8. The van der Waals surface area contributed by atoms with Crippen molar-refractivity contribution in [2.45, 2.75) is 31.2 Å². The van der Waals surface area contributed by atoms with E-state index < -0.39 is 193 Å². The third-order valence-electron chi connectivity index (χ3n) is 10.4. The maximum Gasteiger partial charge on any atom is 0.338 e. The van der Waals surface area contributed by atoms with Crippen molar-refractivity contribution in [2.75, 3.05) is 6.61 Å². The van der Waals surface area contributed by atoms with E-state index in [1.807, 2.05) is 0 Å². The fourth-order valence-corrected chi connectivity index (χ4v) is 7.08. The lowest BCUT2D eigenvalue weighted by Gasteiger charge is -2.45. The second-order valence-corrected chi connectivity index (χ2v) is 14.9. The van der Waals surface area contributed by atoms with E-state index in [0.717, 1.165) is 0 Å². The predicted octanol–water partition coefficient (Wildman–Crippen LogP) is 3.01. The zero-order valence-electron chi connectivity index (χ0n) is 33.7. The smallest absolute Gasteiger partial charge is 0.338 e. The highest BCUT2D eigenvalue weighted by molar-refractivity contribution is 5.98. The van der Waals surface area contributed by atoms with Crippen molar-refractivity contribution in [3.05, 3.63) is 88.5 Å². The highest BCUT2D eigenvalue weighted by Crippen LogP contribution is 2.44. The molecule has 0 saturated heterocycles. The quantitative estimate of drug-likeness (QED) is 0.0370. The first kappa shape index (κ1) is 47.1. The summed E-state index contributed by atoms with van der Waals surface area (Å²) in [6.45, 7) is -0.952. The summed E-state index contributed by atoms with van der Waals surface area (Å²) in [5.41, 5.74) is -3.18. The van der Waals surface area contributed by atoms with Gasteiger partial charge in [-0.05, 0) is 67.1 Å². The molecule has 0 amide bonds. The van der Waals surface area contributed by atoms with Crippen LogP contribution in [-0.2, 0) is 18.9 Å². The lowest BCUT2D eigenvalue weighted by Crippen LogP contribution is -2.56. The fraction of sp³-hybridized carbons (Fsp3) is 0.186. The second kappa shape index (κ2) is 18.4. The number of phenolic OH excluding ortho intramolecular Hbond substituents is 15. The van der Waals surface area contributed by atoms with Gasteiger partial charge in [-0.1, -0.05) is 0 Å². The lowest BCUT2D eigenvalue weighted by molar-refractivity contribution is -0.139. The van der Waals surface area contributed by atoms with Gasteiger partial charge in [0.15, 0.2) is 92.0 Å². The van der Waals surface area contributed by atoms with Gasteiger partial charge in [0.1, 0.15) is 18.3 Å². The largest absolute Gasteiger partial charge is 0.504 e. The molecule has 1 fully saturated rings. The molecule has 0 heterocycles. The zero-order chi connectivity index (χ0) is 49.3. The molecular weight excluding hydrogens is 900 g/mol. The molecule has 1 aliphatic rings. The molecular formula is C43H36O24. The first-order chi connectivity index (χ1) is 31.4. The number of ketones is 1. The molecule has 67 heavy (non-hydrogen) atoms. The number of Topliss-reactive ketones (excluding diaryl/α,β-unsaturated/α-hetero) is 1. The third kappa shape index (κ3) is 9.76. The number of phenols is 15. The SMILES string of the molecule is O=C(CC1C(OC(=O)c2cc(O)c(O)c(O)c2)[C@H](OC(=O)c2cc(O)c(O)c(O)c2)CC(COC(=O)c2cc(O)c(O)c(O)c2)[C@H]1OC(=O)c1cc(O)c(O)c(O)c1)c1cc(O)c(O)c(O)c1. The summed E-state index contributed by atoms with van der Waals surface area (Å²) >= 11 is 0. The van der Waals surface area contributed by atoms with E-state index in [1.165, 1.54) is 0 Å². The molecule has 5 aromatic carbocycles. The minimum absolute atomic E-state index is 0.561. The molecule has 6 rings (SSSR count). The maximum atomic E-state index is 14.2. The summed E-state index contributed by atoms with van der Waals surface area (Å²) in [5, 5.41) is 151. The number of aromatic hydroxyl groups is 15. The third-order valence-corrected chi connectivity index (χ3v) is 10.4. The van der Waals surface area contributed by atoms with Crippen LogP contribution in [0.25, 0.3) is 0 Å². The number of benzene rings is 5. The zero-order valence-corrected chi connectivity index (χ0v) is 33.7. The van der Waals surface area contributed by atoms with Gasteiger partial charge >= 0.3 is 23.9 Å². The Morgan fingerprint density at radius 3 is 1.01 bits per heavy atom. The van der Waals surface area contributed by atoms with Crippen LogP contribution in [0.2, 0.25) is 0 Å². The van der Waals surface area contributed by atoms with Crippen LogP contribution in [0, 0.1) is 11.8 Å². The summed E-state index contributed by atoms with van der Waals surface area (Å²) in [7, 11) is 0. The van der Waals surface area contributed by atoms with Crippen LogP contribution in [-0.4, -0.2) is 131 Å². The van der Waals surface area contributed by atoms with Gasteiger partial charge in [0.2, 0.25) is 0 Å². The monoisotopic (exact) mass is 936 g/mol. The Bertz CT molecular complexity index is 2720. The summed E-state index contributed by atoms with van der Waals surface area (Å²) in [6, 6.07) is 6.54.